The van der Waals surface area contributed by atoms with E-state index in [1.807, 2.05) is 6.07 Å². The second kappa shape index (κ2) is 7.36. The zero-order valence-electron chi connectivity index (χ0n) is 13.2. The quantitative estimate of drug-likeness (QED) is 0.354. The summed E-state index contributed by atoms with van der Waals surface area (Å²) in [5, 5.41) is 6.51. The first-order valence-electron chi connectivity index (χ1n) is 7.27. The van der Waals surface area contributed by atoms with Gasteiger partial charge in [0.05, 0.1) is 4.90 Å². The number of fused-ring (bicyclic) bond motifs is 1. The number of hydrogen-bond donors (Lipinski definition) is 2. The molecule has 0 fully saturated rings. The topological polar surface area (TPSA) is 98.5 Å². The van der Waals surface area contributed by atoms with E-state index in [-0.39, 0.29) is 15.9 Å². The number of nitrogens with two attached hydrogens (primary N) is 2. The predicted molar refractivity (Wildman–Crippen MR) is 108 cm³/mol. The fraction of sp³-hybridized carbons (Fsp3) is 0. The van der Waals surface area contributed by atoms with Gasteiger partial charge in [0.1, 0.15) is 5.82 Å². The summed E-state index contributed by atoms with van der Waals surface area (Å²) >= 11 is 3.93. The monoisotopic (exact) mass is 453 g/mol. The van der Waals surface area contributed by atoms with Crippen LogP contribution in [0.4, 0.5) is 4.39 Å². The molecule has 0 bridgehead atoms. The Hall–Kier alpha value is -1.94. The summed E-state index contributed by atoms with van der Waals surface area (Å²) in [7, 11) is -3.95. The van der Waals surface area contributed by atoms with Gasteiger partial charge in [0.25, 0.3) is 10.0 Å². The largest absolute Gasteiger partial charge is 0.377 e. The van der Waals surface area contributed by atoms with Crippen molar-refractivity contribution in [1.82, 2.24) is 0 Å². The highest BCUT2D eigenvalue weighted by molar-refractivity contribution is 9.10. The van der Waals surface area contributed by atoms with Crippen molar-refractivity contribution in [3.05, 3.63) is 64.9 Å². The van der Waals surface area contributed by atoms with Crippen LogP contribution in [0.2, 0.25) is 0 Å². The highest BCUT2D eigenvalue weighted by Gasteiger charge is 2.16. The maximum absolute atomic E-state index is 13.4. The Morgan fingerprint density at radius 1 is 1.08 bits per heavy atom. The molecule has 0 aromatic heterocycles. The molecule has 0 saturated carbocycles. The van der Waals surface area contributed by atoms with Gasteiger partial charge in [0.2, 0.25) is 0 Å². The molecule has 134 valence electrons. The molecule has 3 aromatic carbocycles. The molecule has 3 aromatic rings. The molecule has 0 unspecified atom stereocenters. The van der Waals surface area contributed by atoms with E-state index >= 15 is 0 Å². The van der Waals surface area contributed by atoms with E-state index in [0.717, 1.165) is 16.5 Å². The Labute approximate surface area is 162 Å². The van der Waals surface area contributed by atoms with Gasteiger partial charge in [-0.2, -0.15) is 8.42 Å². The molecule has 0 amide bonds. The molecule has 3 rings (SSSR count). The summed E-state index contributed by atoms with van der Waals surface area (Å²) in [5.74, 6) is -0.345. The van der Waals surface area contributed by atoms with E-state index in [0.29, 0.717) is 21.8 Å². The van der Waals surface area contributed by atoms with E-state index in [1.54, 1.807) is 24.3 Å². The van der Waals surface area contributed by atoms with Gasteiger partial charge in [-0.05, 0) is 58.1 Å². The number of nitrogens with zero attached hydrogens (tertiary/aromatic N) is 1. The third kappa shape index (κ3) is 3.75. The molecule has 0 radical (unpaired) electrons. The number of halogens is 2. The maximum atomic E-state index is 13.4. The molecule has 5 nitrogen and oxygen atoms in total. The Morgan fingerprint density at radius 2 is 1.85 bits per heavy atom. The van der Waals surface area contributed by atoms with Gasteiger partial charge >= 0.3 is 0 Å². The molecule has 0 heterocycles. The van der Waals surface area contributed by atoms with Gasteiger partial charge in [0.15, 0.2) is 5.17 Å². The van der Waals surface area contributed by atoms with E-state index in [2.05, 4.69) is 20.3 Å². The van der Waals surface area contributed by atoms with Gasteiger partial charge in [-0.1, -0.05) is 46.3 Å². The van der Waals surface area contributed by atoms with Crippen molar-refractivity contribution in [3.63, 3.8) is 0 Å². The van der Waals surface area contributed by atoms with E-state index in [1.165, 1.54) is 24.3 Å². The summed E-state index contributed by atoms with van der Waals surface area (Å²) in [4.78, 5) is 0.0114. The van der Waals surface area contributed by atoms with Crippen LogP contribution in [0, 0.1) is 5.82 Å². The molecule has 0 atom stereocenters. The van der Waals surface area contributed by atoms with Crippen LogP contribution in [0.3, 0.4) is 0 Å². The maximum Gasteiger partial charge on any atom is 0.284 e. The molecule has 0 spiro atoms. The highest BCUT2D eigenvalue weighted by atomic mass is 79.9. The van der Waals surface area contributed by atoms with Crippen LogP contribution in [0.25, 0.3) is 21.9 Å². The van der Waals surface area contributed by atoms with Gasteiger partial charge in [-0.25, -0.2) is 4.39 Å². The third-order valence-electron chi connectivity index (χ3n) is 3.70. The predicted octanol–water partition coefficient (Wildman–Crippen LogP) is 4.02. The van der Waals surface area contributed by atoms with E-state index in [9.17, 15) is 12.8 Å². The van der Waals surface area contributed by atoms with E-state index in [4.69, 9.17) is 10.9 Å². The second-order valence-corrected chi connectivity index (χ2v) is 8.45. The molecular formula is C17H13BrFN3O2S2. The Bertz CT molecular complexity index is 1130. The average molecular weight is 454 g/mol. The minimum atomic E-state index is -3.95. The summed E-state index contributed by atoms with van der Waals surface area (Å²) in [6, 6.07) is 14.6. The van der Waals surface area contributed by atoms with Crippen LogP contribution in [-0.2, 0) is 10.0 Å². The molecule has 0 aliphatic heterocycles. The second-order valence-electron chi connectivity index (χ2n) is 5.34. The Kier molecular flexibility index (Phi) is 5.33. The van der Waals surface area contributed by atoms with Crippen LogP contribution in [0.1, 0.15) is 0 Å². The molecule has 4 N–H and O–H groups in total. The lowest BCUT2D eigenvalue weighted by Crippen LogP contribution is -2.12. The number of sulfonamides is 1. The fourth-order valence-corrected chi connectivity index (χ4v) is 4.45. The zero-order valence-corrected chi connectivity index (χ0v) is 16.4. The molecule has 0 aliphatic rings. The van der Waals surface area contributed by atoms with Gasteiger partial charge in [-0.3, -0.25) is 5.14 Å². The first-order valence-corrected chi connectivity index (χ1v) is 10.4. The number of benzene rings is 3. The minimum Gasteiger partial charge on any atom is -0.377 e. The first-order chi connectivity index (χ1) is 12.3. The molecule has 26 heavy (non-hydrogen) atoms. The standard InChI is InChI=1S/C17H13BrFN3O2S2/c18-16-9-11(19)4-6-15(16)14-3-1-2-10-8-12(5-7-13(10)14)26(23,24)22-17(20)25-21/h1-9H,21H2,(H2,20,22). The fourth-order valence-electron chi connectivity index (χ4n) is 2.56. The number of amidine groups is 1. The summed E-state index contributed by atoms with van der Waals surface area (Å²) in [6.45, 7) is 0. The lowest BCUT2D eigenvalue weighted by atomic mass is 9.98. The van der Waals surface area contributed by atoms with Crippen molar-refractivity contribution < 1.29 is 12.8 Å². The molecular weight excluding hydrogens is 441 g/mol. The van der Waals surface area contributed by atoms with Crippen LogP contribution in [0.5, 0.6) is 0 Å². The molecule has 0 aliphatic carbocycles. The normalized spacial score (nSPS) is 12.5. The van der Waals surface area contributed by atoms with Gasteiger partial charge in [0, 0.05) is 4.47 Å². The van der Waals surface area contributed by atoms with Crippen molar-refractivity contribution in [2.75, 3.05) is 0 Å². The molecule has 0 saturated heterocycles. The lowest BCUT2D eigenvalue weighted by molar-refractivity contribution is 0.598. The lowest BCUT2D eigenvalue weighted by Gasteiger charge is -2.10. The van der Waals surface area contributed by atoms with Crippen molar-refractivity contribution in [2.24, 2.45) is 15.3 Å². The zero-order chi connectivity index (χ0) is 18.9. The van der Waals surface area contributed by atoms with Crippen molar-refractivity contribution in [2.45, 2.75) is 4.90 Å². The van der Waals surface area contributed by atoms with Crippen LogP contribution < -0.4 is 10.9 Å². The summed E-state index contributed by atoms with van der Waals surface area (Å²) in [6.07, 6.45) is 0. The van der Waals surface area contributed by atoms with Gasteiger partial charge in [-0.15, -0.1) is 4.40 Å². The molecule has 9 heteroatoms. The van der Waals surface area contributed by atoms with Crippen molar-refractivity contribution in [1.29, 1.82) is 0 Å². The van der Waals surface area contributed by atoms with Crippen LogP contribution in [-0.4, -0.2) is 13.6 Å². The Balaban J connectivity index is 2.17. The number of hydrogen-bond acceptors (Lipinski definition) is 4. The van der Waals surface area contributed by atoms with Crippen molar-refractivity contribution in [3.8, 4) is 11.1 Å². The minimum absolute atomic E-state index is 0.0114. The Morgan fingerprint density at radius 3 is 2.54 bits per heavy atom. The number of rotatable bonds is 3. The first kappa shape index (κ1) is 18.8. The summed E-state index contributed by atoms with van der Waals surface area (Å²) < 4.78 is 42.1. The van der Waals surface area contributed by atoms with Gasteiger partial charge < -0.3 is 5.73 Å². The van der Waals surface area contributed by atoms with Crippen LogP contribution >= 0.6 is 27.9 Å². The summed E-state index contributed by atoms with van der Waals surface area (Å²) in [5.41, 5.74) is 7.06. The van der Waals surface area contributed by atoms with Crippen molar-refractivity contribution >= 4 is 53.8 Å². The van der Waals surface area contributed by atoms with Crippen LogP contribution in [0.15, 0.2) is 68.4 Å². The third-order valence-corrected chi connectivity index (χ3v) is 6.09. The van der Waals surface area contributed by atoms with E-state index < -0.39 is 10.0 Å². The SMILES string of the molecule is NSC(N)=NS(=O)(=O)c1ccc2c(-c3ccc(F)cc3Br)cccc2c1. The smallest absolute Gasteiger partial charge is 0.284 e. The average Bonchev–Trinajstić information content (AvgIpc) is 2.60. The highest BCUT2D eigenvalue weighted by Crippen LogP contribution is 2.35.